The Morgan fingerprint density at radius 2 is 2.00 bits per heavy atom. The average Bonchev–Trinajstić information content (AvgIpc) is 3.03. The molecule has 1 fully saturated rings. The van der Waals surface area contributed by atoms with Crippen LogP contribution < -0.4 is 10.2 Å². The first-order chi connectivity index (χ1) is 10.4. The number of rotatable bonds is 4. The highest BCUT2D eigenvalue weighted by Gasteiger charge is 2.25. The van der Waals surface area contributed by atoms with Crippen LogP contribution in [0.2, 0.25) is 0 Å². The van der Waals surface area contributed by atoms with Gasteiger partial charge >= 0.3 is 0 Å². The molecule has 1 aliphatic carbocycles. The summed E-state index contributed by atoms with van der Waals surface area (Å²) in [6.45, 7) is 3.19. The van der Waals surface area contributed by atoms with Crippen LogP contribution in [0.1, 0.15) is 29.9 Å². The van der Waals surface area contributed by atoms with E-state index in [1.807, 2.05) is 0 Å². The van der Waals surface area contributed by atoms with Crippen molar-refractivity contribution in [1.82, 2.24) is 9.97 Å². The summed E-state index contributed by atoms with van der Waals surface area (Å²) in [6, 6.07) is 10.8. The van der Waals surface area contributed by atoms with E-state index < -0.39 is 0 Å². The van der Waals surface area contributed by atoms with E-state index in [9.17, 15) is 0 Å². The second-order valence-corrected chi connectivity index (χ2v) is 5.94. The van der Waals surface area contributed by atoms with E-state index in [0.29, 0.717) is 5.92 Å². The number of nitrogens with one attached hydrogen (secondary N) is 1. The Kier molecular flexibility index (Phi) is 3.22. The fourth-order valence-electron chi connectivity index (χ4n) is 3.34. The molecule has 0 radical (unpaired) electrons. The zero-order valence-corrected chi connectivity index (χ0v) is 12.1. The van der Waals surface area contributed by atoms with Crippen molar-refractivity contribution in [3.63, 3.8) is 0 Å². The Morgan fingerprint density at radius 3 is 2.86 bits per heavy atom. The first-order valence-electron chi connectivity index (χ1n) is 7.79. The zero-order valence-electron chi connectivity index (χ0n) is 12.1. The topological polar surface area (TPSA) is 41.0 Å². The number of benzene rings is 1. The molecule has 108 valence electrons. The molecule has 4 nitrogen and oxygen atoms in total. The molecule has 0 spiro atoms. The van der Waals surface area contributed by atoms with Gasteiger partial charge in [0.25, 0.3) is 0 Å². The summed E-state index contributed by atoms with van der Waals surface area (Å²) in [5.74, 6) is 2.61. The van der Waals surface area contributed by atoms with Crippen LogP contribution in [0.25, 0.3) is 0 Å². The molecule has 21 heavy (non-hydrogen) atoms. The molecule has 1 unspecified atom stereocenters. The van der Waals surface area contributed by atoms with Crippen molar-refractivity contribution >= 4 is 11.6 Å². The third-order valence-corrected chi connectivity index (χ3v) is 4.57. The van der Waals surface area contributed by atoms with Gasteiger partial charge < -0.3 is 10.2 Å². The predicted octanol–water partition coefficient (Wildman–Crippen LogP) is 2.83. The fraction of sp³-hybridized carbons (Fsp3) is 0.412. The molecule has 1 atom stereocenters. The summed E-state index contributed by atoms with van der Waals surface area (Å²) < 4.78 is 0. The van der Waals surface area contributed by atoms with Crippen molar-refractivity contribution in [2.45, 2.75) is 25.2 Å². The molecule has 1 aromatic heterocycles. The minimum Gasteiger partial charge on any atom is -0.369 e. The van der Waals surface area contributed by atoms with E-state index in [4.69, 9.17) is 0 Å². The Morgan fingerprint density at radius 1 is 1.14 bits per heavy atom. The number of nitrogens with zero attached hydrogens (tertiary/aromatic N) is 3. The van der Waals surface area contributed by atoms with Crippen molar-refractivity contribution in [2.24, 2.45) is 0 Å². The molecule has 0 bridgehead atoms. The van der Waals surface area contributed by atoms with Crippen LogP contribution in [0.4, 0.5) is 11.6 Å². The Hall–Kier alpha value is -2.10. The third-order valence-electron chi connectivity index (χ3n) is 4.57. The molecule has 4 rings (SSSR count). The molecule has 2 aromatic rings. The first kappa shape index (κ1) is 12.6. The van der Waals surface area contributed by atoms with E-state index in [1.165, 1.54) is 30.4 Å². The van der Waals surface area contributed by atoms with Crippen LogP contribution >= 0.6 is 0 Å². The van der Waals surface area contributed by atoms with Gasteiger partial charge in [-0.3, -0.25) is 0 Å². The van der Waals surface area contributed by atoms with E-state index in [1.54, 1.807) is 6.33 Å². The zero-order chi connectivity index (χ0) is 14.1. The van der Waals surface area contributed by atoms with Gasteiger partial charge in [0.1, 0.15) is 18.0 Å². The lowest BCUT2D eigenvalue weighted by Crippen LogP contribution is -2.25. The number of anilines is 2. The third kappa shape index (κ3) is 2.46. The summed E-state index contributed by atoms with van der Waals surface area (Å²) in [6.07, 6.45) is 5.38. The summed E-state index contributed by atoms with van der Waals surface area (Å²) in [4.78, 5) is 11.1. The van der Waals surface area contributed by atoms with Gasteiger partial charge in [0.15, 0.2) is 0 Å². The molecule has 1 aliphatic heterocycles. The maximum atomic E-state index is 4.39. The van der Waals surface area contributed by atoms with E-state index in [2.05, 4.69) is 50.5 Å². The van der Waals surface area contributed by atoms with Crippen molar-refractivity contribution in [1.29, 1.82) is 0 Å². The van der Waals surface area contributed by atoms with Crippen molar-refractivity contribution in [2.75, 3.05) is 29.9 Å². The molecular weight excluding hydrogens is 260 g/mol. The molecule has 1 saturated heterocycles. The van der Waals surface area contributed by atoms with E-state index >= 15 is 0 Å². The molecule has 2 aliphatic rings. The monoisotopic (exact) mass is 280 g/mol. The molecule has 2 heterocycles. The predicted molar refractivity (Wildman–Crippen MR) is 84.9 cm³/mol. The van der Waals surface area contributed by atoms with Crippen molar-refractivity contribution in [3.8, 4) is 0 Å². The van der Waals surface area contributed by atoms with Gasteiger partial charge in [-0.05, 0) is 30.4 Å². The lowest BCUT2D eigenvalue weighted by molar-refractivity contribution is 0.634. The number of fused-ring (bicyclic) bond motifs is 1. The highest BCUT2D eigenvalue weighted by molar-refractivity contribution is 5.50. The Balaban J connectivity index is 1.40. The molecule has 1 aromatic carbocycles. The Bertz CT molecular complexity index is 634. The summed E-state index contributed by atoms with van der Waals surface area (Å²) >= 11 is 0. The van der Waals surface area contributed by atoms with Crippen LogP contribution in [0.15, 0.2) is 36.7 Å². The smallest absolute Gasteiger partial charge is 0.134 e. The quantitative estimate of drug-likeness (QED) is 0.935. The van der Waals surface area contributed by atoms with Gasteiger partial charge in [-0.25, -0.2) is 9.97 Å². The highest BCUT2D eigenvalue weighted by Crippen LogP contribution is 2.34. The van der Waals surface area contributed by atoms with Gasteiger partial charge in [-0.2, -0.15) is 0 Å². The minimum absolute atomic E-state index is 0.617. The first-order valence-corrected chi connectivity index (χ1v) is 7.79. The molecule has 1 N–H and O–H groups in total. The number of aromatic nitrogens is 2. The van der Waals surface area contributed by atoms with Crippen molar-refractivity contribution in [3.05, 3.63) is 47.8 Å². The van der Waals surface area contributed by atoms with Gasteiger partial charge in [0.2, 0.25) is 0 Å². The lowest BCUT2D eigenvalue weighted by Gasteiger charge is -2.30. The fourth-order valence-corrected chi connectivity index (χ4v) is 3.34. The van der Waals surface area contributed by atoms with Crippen LogP contribution in [-0.2, 0) is 6.42 Å². The van der Waals surface area contributed by atoms with Crippen LogP contribution in [0.3, 0.4) is 0 Å². The summed E-state index contributed by atoms with van der Waals surface area (Å²) in [7, 11) is 0. The van der Waals surface area contributed by atoms with Crippen LogP contribution in [0, 0.1) is 0 Å². The molecule has 0 amide bonds. The lowest BCUT2D eigenvalue weighted by atomic mass is 9.78. The van der Waals surface area contributed by atoms with E-state index in [-0.39, 0.29) is 0 Å². The maximum absolute atomic E-state index is 4.39. The largest absolute Gasteiger partial charge is 0.369 e. The van der Waals surface area contributed by atoms with E-state index in [0.717, 1.165) is 31.3 Å². The standard InChI is InChI=1S/C17H20N4/c1-2-6-15-13(5-1)9-14(15)11-18-16-10-17(20-12-19-16)21-7-3-4-8-21/h1-2,5-6,10,12,14H,3-4,7-9,11H2,(H,18,19,20). The summed E-state index contributed by atoms with van der Waals surface area (Å²) in [5, 5.41) is 3.47. The molecule has 0 saturated carbocycles. The Labute approximate surface area is 125 Å². The van der Waals surface area contributed by atoms with Gasteiger partial charge in [-0.15, -0.1) is 0 Å². The van der Waals surface area contributed by atoms with Crippen molar-refractivity contribution < 1.29 is 0 Å². The maximum Gasteiger partial charge on any atom is 0.134 e. The van der Waals surface area contributed by atoms with Gasteiger partial charge in [0, 0.05) is 31.6 Å². The summed E-state index contributed by atoms with van der Waals surface area (Å²) in [5.41, 5.74) is 2.98. The normalized spacial score (nSPS) is 20.0. The highest BCUT2D eigenvalue weighted by atomic mass is 15.2. The minimum atomic E-state index is 0.617. The molecular formula is C17H20N4. The second-order valence-electron chi connectivity index (χ2n) is 5.94. The van der Waals surface area contributed by atoms with Gasteiger partial charge in [0.05, 0.1) is 0 Å². The van der Waals surface area contributed by atoms with Gasteiger partial charge in [-0.1, -0.05) is 24.3 Å². The molecule has 4 heteroatoms. The number of hydrogen-bond acceptors (Lipinski definition) is 4. The number of hydrogen-bond donors (Lipinski definition) is 1. The van der Waals surface area contributed by atoms with Crippen LogP contribution in [0.5, 0.6) is 0 Å². The van der Waals surface area contributed by atoms with Crippen LogP contribution in [-0.4, -0.2) is 29.6 Å². The second kappa shape index (κ2) is 5.35. The average molecular weight is 280 g/mol. The SMILES string of the molecule is c1ccc2c(c1)CC2CNc1cc(N2CCCC2)ncn1.